The summed E-state index contributed by atoms with van der Waals surface area (Å²) in [5.41, 5.74) is 0.824. The first kappa shape index (κ1) is 19.6. The van der Waals surface area contributed by atoms with E-state index in [0.29, 0.717) is 18.9 Å². The van der Waals surface area contributed by atoms with Crippen molar-refractivity contribution in [3.05, 3.63) is 36.1 Å². The first-order chi connectivity index (χ1) is 10.5. The zero-order valence-corrected chi connectivity index (χ0v) is 14.9. The van der Waals surface area contributed by atoms with Gasteiger partial charge in [0, 0.05) is 31.9 Å². The molecule has 0 aliphatic carbocycles. The van der Waals surface area contributed by atoms with Crippen LogP contribution >= 0.6 is 24.0 Å². The number of hydrogen-bond acceptors (Lipinski definition) is 2. The highest BCUT2D eigenvalue weighted by molar-refractivity contribution is 14.0. The molecule has 0 fully saturated rings. The molecule has 0 amide bonds. The normalized spacial score (nSPS) is 12.1. The molecule has 0 saturated heterocycles. The maximum Gasteiger partial charge on any atom is 0.390 e. The van der Waals surface area contributed by atoms with E-state index in [1.54, 1.807) is 0 Å². The Hall–Kier alpha value is -1.45. The highest BCUT2D eigenvalue weighted by Crippen LogP contribution is 2.19. The molecule has 0 spiro atoms. The van der Waals surface area contributed by atoms with Crippen LogP contribution in [0.5, 0.6) is 0 Å². The topological polar surface area (TPSA) is 49.6 Å². The van der Waals surface area contributed by atoms with Gasteiger partial charge in [-0.15, -0.1) is 24.0 Å². The maximum absolute atomic E-state index is 12.1. The Morgan fingerprint density at radius 1 is 1.17 bits per heavy atom. The predicted molar refractivity (Wildman–Crippen MR) is 95.4 cm³/mol. The monoisotopic (exact) mass is 441 g/mol. The highest BCUT2D eigenvalue weighted by Gasteiger charge is 2.26. The standard InChI is InChI=1S/C15H18F3N3O.HI/c1-19-14(21-9-7-15(16,17)18)20-8-6-12-10-11-4-2-3-5-13(11)22-12;/h2-5,10H,6-9H2,1H3,(H2,19,20,21);1H. The first-order valence-corrected chi connectivity index (χ1v) is 6.96. The molecule has 2 N–H and O–H groups in total. The Morgan fingerprint density at radius 3 is 2.52 bits per heavy atom. The van der Waals surface area contributed by atoms with Gasteiger partial charge in [0.1, 0.15) is 11.3 Å². The van der Waals surface area contributed by atoms with E-state index in [2.05, 4.69) is 15.6 Å². The number of furan rings is 1. The number of rotatable bonds is 5. The zero-order chi connectivity index (χ0) is 16.0. The van der Waals surface area contributed by atoms with E-state index < -0.39 is 12.6 Å². The number of hydrogen-bond donors (Lipinski definition) is 2. The number of fused-ring (bicyclic) bond motifs is 1. The number of nitrogens with one attached hydrogen (secondary N) is 2. The minimum absolute atomic E-state index is 0. The smallest absolute Gasteiger partial charge is 0.390 e. The summed E-state index contributed by atoms with van der Waals surface area (Å²) in [6, 6.07) is 9.65. The molecular formula is C15H19F3IN3O. The number of para-hydroxylation sites is 1. The van der Waals surface area contributed by atoms with Gasteiger partial charge in [-0.05, 0) is 12.1 Å². The molecule has 1 heterocycles. The van der Waals surface area contributed by atoms with Crippen LogP contribution in [-0.4, -0.2) is 32.3 Å². The van der Waals surface area contributed by atoms with Crippen molar-refractivity contribution in [1.29, 1.82) is 0 Å². The summed E-state index contributed by atoms with van der Waals surface area (Å²) in [5.74, 6) is 1.17. The molecule has 0 unspecified atom stereocenters. The van der Waals surface area contributed by atoms with Gasteiger partial charge in [-0.3, -0.25) is 4.99 Å². The van der Waals surface area contributed by atoms with Crippen molar-refractivity contribution in [2.75, 3.05) is 20.1 Å². The first-order valence-electron chi connectivity index (χ1n) is 6.96. The van der Waals surface area contributed by atoms with Gasteiger partial charge >= 0.3 is 6.18 Å². The SMILES string of the molecule is CN=C(NCCc1cc2ccccc2o1)NCCC(F)(F)F.I. The lowest BCUT2D eigenvalue weighted by Gasteiger charge is -2.12. The molecule has 2 aromatic rings. The van der Waals surface area contributed by atoms with Gasteiger partial charge < -0.3 is 15.1 Å². The number of halogens is 4. The molecule has 128 valence electrons. The molecule has 0 radical (unpaired) electrons. The van der Waals surface area contributed by atoms with Crippen LogP contribution in [0.4, 0.5) is 13.2 Å². The van der Waals surface area contributed by atoms with Gasteiger partial charge in [-0.25, -0.2) is 0 Å². The summed E-state index contributed by atoms with van der Waals surface area (Å²) < 4.78 is 41.9. The molecule has 0 bridgehead atoms. The molecule has 1 aromatic carbocycles. The van der Waals surface area contributed by atoms with Crippen LogP contribution in [0.1, 0.15) is 12.2 Å². The van der Waals surface area contributed by atoms with Crippen LogP contribution in [0, 0.1) is 0 Å². The molecule has 8 heteroatoms. The molecule has 0 aliphatic heterocycles. The summed E-state index contributed by atoms with van der Waals surface area (Å²) in [6.07, 6.45) is -4.44. The van der Waals surface area contributed by atoms with Gasteiger partial charge in [0.05, 0.1) is 6.42 Å². The Kier molecular flexibility index (Phi) is 7.66. The Labute approximate surface area is 149 Å². The van der Waals surface area contributed by atoms with E-state index in [0.717, 1.165) is 16.7 Å². The predicted octanol–water partition coefficient (Wildman–Crippen LogP) is 3.71. The van der Waals surface area contributed by atoms with Crippen molar-refractivity contribution in [1.82, 2.24) is 10.6 Å². The van der Waals surface area contributed by atoms with Crippen LogP contribution in [0.2, 0.25) is 0 Å². The number of alkyl halides is 3. The van der Waals surface area contributed by atoms with E-state index in [1.807, 2.05) is 30.3 Å². The van der Waals surface area contributed by atoms with Crippen LogP contribution in [0.15, 0.2) is 39.7 Å². The summed E-state index contributed by atoms with van der Waals surface area (Å²) in [7, 11) is 1.52. The third kappa shape index (κ3) is 6.67. The average molecular weight is 441 g/mol. The van der Waals surface area contributed by atoms with Crippen molar-refractivity contribution < 1.29 is 17.6 Å². The zero-order valence-electron chi connectivity index (χ0n) is 12.6. The van der Waals surface area contributed by atoms with Gasteiger partial charge in [0.2, 0.25) is 0 Å². The lowest BCUT2D eigenvalue weighted by Crippen LogP contribution is -2.39. The van der Waals surface area contributed by atoms with Crippen LogP contribution in [-0.2, 0) is 6.42 Å². The van der Waals surface area contributed by atoms with E-state index in [4.69, 9.17) is 4.42 Å². The molecule has 23 heavy (non-hydrogen) atoms. The van der Waals surface area contributed by atoms with Crippen LogP contribution in [0.3, 0.4) is 0 Å². The fourth-order valence-electron chi connectivity index (χ4n) is 2.01. The number of benzene rings is 1. The van der Waals surface area contributed by atoms with E-state index in [9.17, 15) is 13.2 Å². The number of aliphatic imine (C=N–C) groups is 1. The minimum atomic E-state index is -4.17. The van der Waals surface area contributed by atoms with E-state index in [-0.39, 0.29) is 30.5 Å². The molecular weight excluding hydrogens is 422 g/mol. The summed E-state index contributed by atoms with van der Waals surface area (Å²) >= 11 is 0. The van der Waals surface area contributed by atoms with Crippen LogP contribution in [0.25, 0.3) is 11.0 Å². The lowest BCUT2D eigenvalue weighted by atomic mass is 10.2. The molecule has 4 nitrogen and oxygen atoms in total. The van der Waals surface area contributed by atoms with Gasteiger partial charge in [0.25, 0.3) is 0 Å². The second kappa shape index (κ2) is 8.99. The number of nitrogens with zero attached hydrogens (tertiary/aromatic N) is 1. The second-order valence-corrected chi connectivity index (χ2v) is 4.79. The third-order valence-corrected chi connectivity index (χ3v) is 3.06. The lowest BCUT2D eigenvalue weighted by molar-refractivity contribution is -0.132. The van der Waals surface area contributed by atoms with Crippen molar-refractivity contribution >= 4 is 40.9 Å². The summed E-state index contributed by atoms with van der Waals surface area (Å²) in [4.78, 5) is 3.88. The van der Waals surface area contributed by atoms with Gasteiger partial charge in [-0.2, -0.15) is 13.2 Å². The minimum Gasteiger partial charge on any atom is -0.461 e. The van der Waals surface area contributed by atoms with Crippen molar-refractivity contribution in [3.8, 4) is 0 Å². The molecule has 0 atom stereocenters. The van der Waals surface area contributed by atoms with Crippen molar-refractivity contribution in [2.45, 2.75) is 19.0 Å². The molecule has 0 aliphatic rings. The molecule has 0 saturated carbocycles. The average Bonchev–Trinajstić information content (AvgIpc) is 2.87. The van der Waals surface area contributed by atoms with Crippen molar-refractivity contribution in [2.24, 2.45) is 4.99 Å². The Morgan fingerprint density at radius 2 is 1.87 bits per heavy atom. The fourth-order valence-corrected chi connectivity index (χ4v) is 2.01. The summed E-state index contributed by atoms with van der Waals surface area (Å²) in [5, 5.41) is 6.62. The largest absolute Gasteiger partial charge is 0.461 e. The Balaban J connectivity index is 0.00000264. The second-order valence-electron chi connectivity index (χ2n) is 4.79. The molecule has 2 rings (SSSR count). The third-order valence-electron chi connectivity index (χ3n) is 3.06. The van der Waals surface area contributed by atoms with Gasteiger partial charge in [0.15, 0.2) is 5.96 Å². The number of guanidine groups is 1. The van der Waals surface area contributed by atoms with Crippen molar-refractivity contribution in [3.63, 3.8) is 0 Å². The molecule has 1 aromatic heterocycles. The van der Waals surface area contributed by atoms with Crippen LogP contribution < -0.4 is 10.6 Å². The van der Waals surface area contributed by atoms with E-state index in [1.165, 1.54) is 7.05 Å². The van der Waals surface area contributed by atoms with Gasteiger partial charge in [-0.1, -0.05) is 18.2 Å². The maximum atomic E-state index is 12.1. The quantitative estimate of drug-likeness (QED) is 0.423. The highest BCUT2D eigenvalue weighted by atomic mass is 127. The van der Waals surface area contributed by atoms with E-state index >= 15 is 0 Å². The Bertz CT molecular complexity index is 607. The summed E-state index contributed by atoms with van der Waals surface area (Å²) in [6.45, 7) is 0.319. The fraction of sp³-hybridized carbons (Fsp3) is 0.400.